The van der Waals surface area contributed by atoms with Gasteiger partial charge in [-0.25, -0.2) is 0 Å². The van der Waals surface area contributed by atoms with Crippen molar-refractivity contribution < 1.29 is 4.79 Å². The first-order valence-corrected chi connectivity index (χ1v) is 8.27. The Morgan fingerprint density at radius 2 is 2.11 bits per heavy atom. The number of nitrogens with one attached hydrogen (secondary N) is 1. The predicted molar refractivity (Wildman–Crippen MR) is 83.8 cm³/mol. The molecule has 100 valence electrons. The van der Waals surface area contributed by atoms with Crippen molar-refractivity contribution in [1.29, 1.82) is 0 Å². The summed E-state index contributed by atoms with van der Waals surface area (Å²) in [6, 6.07) is 11.6. The third-order valence-corrected chi connectivity index (χ3v) is 4.90. The van der Waals surface area contributed by atoms with Gasteiger partial charge in [0.15, 0.2) is 0 Å². The third-order valence-electron chi connectivity index (χ3n) is 2.49. The van der Waals surface area contributed by atoms with E-state index in [1.807, 2.05) is 35.7 Å². The van der Waals surface area contributed by atoms with Gasteiger partial charge in [0.1, 0.15) is 0 Å². The first-order valence-electron chi connectivity index (χ1n) is 5.86. The highest BCUT2D eigenvalue weighted by Crippen LogP contribution is 2.17. The molecule has 1 aromatic heterocycles. The van der Waals surface area contributed by atoms with E-state index < -0.39 is 0 Å². The number of carbonyl (C=O) groups excluding carboxylic acids is 1. The van der Waals surface area contributed by atoms with E-state index in [-0.39, 0.29) is 5.91 Å². The molecule has 0 spiro atoms. The lowest BCUT2D eigenvalue weighted by atomic mass is 10.2. The summed E-state index contributed by atoms with van der Waals surface area (Å²) in [5.41, 5.74) is 0.945. The van der Waals surface area contributed by atoms with Crippen LogP contribution in [0.25, 0.3) is 0 Å². The van der Waals surface area contributed by atoms with Crippen molar-refractivity contribution in [2.24, 2.45) is 0 Å². The van der Waals surface area contributed by atoms with Crippen molar-refractivity contribution in [3.63, 3.8) is 0 Å². The lowest BCUT2D eigenvalue weighted by Gasteiger charge is -2.06. The topological polar surface area (TPSA) is 29.1 Å². The number of hydrogen-bond acceptors (Lipinski definition) is 3. The average Bonchev–Trinajstić information content (AvgIpc) is 2.91. The molecule has 0 aliphatic rings. The summed E-state index contributed by atoms with van der Waals surface area (Å²) in [4.78, 5) is 13.0. The lowest BCUT2D eigenvalue weighted by Crippen LogP contribution is -2.24. The minimum Gasteiger partial charge on any atom is -0.351 e. The minimum atomic E-state index is 0.0430. The van der Waals surface area contributed by atoms with Crippen LogP contribution in [0, 0.1) is 0 Å². The first kappa shape index (κ1) is 14.4. The van der Waals surface area contributed by atoms with Gasteiger partial charge in [0.2, 0.25) is 5.91 Å². The van der Waals surface area contributed by atoms with E-state index in [0.717, 1.165) is 11.3 Å². The lowest BCUT2D eigenvalue weighted by molar-refractivity contribution is -0.118. The molecule has 0 saturated carbocycles. The number of amides is 1. The number of halogens is 1. The molecule has 2 nitrogen and oxygen atoms in total. The summed E-state index contributed by atoms with van der Waals surface area (Å²) in [5.74, 6) is 1.40. The van der Waals surface area contributed by atoms with E-state index in [2.05, 4.69) is 11.4 Å². The van der Waals surface area contributed by atoms with Crippen molar-refractivity contribution in [2.75, 3.05) is 5.75 Å². The van der Waals surface area contributed by atoms with Crippen molar-refractivity contribution in [1.82, 2.24) is 5.32 Å². The Morgan fingerprint density at radius 3 is 2.84 bits per heavy atom. The van der Waals surface area contributed by atoms with Gasteiger partial charge in [0.25, 0.3) is 0 Å². The standard InChI is InChI=1S/C14H14ClNOS2/c15-13-6-2-1-4-11(13)8-16-14(17)10-18-9-12-5-3-7-19-12/h1-7H,8-10H2,(H,16,17). The second-order valence-electron chi connectivity index (χ2n) is 3.94. The molecule has 1 heterocycles. The van der Waals surface area contributed by atoms with Gasteiger partial charge in [0.05, 0.1) is 5.75 Å². The van der Waals surface area contributed by atoms with Gasteiger partial charge in [-0.2, -0.15) is 0 Å². The first-order chi connectivity index (χ1) is 9.25. The zero-order valence-corrected chi connectivity index (χ0v) is 12.7. The van der Waals surface area contributed by atoms with Crippen LogP contribution in [0.1, 0.15) is 10.4 Å². The number of thioether (sulfide) groups is 1. The zero-order valence-electron chi connectivity index (χ0n) is 10.3. The molecular formula is C14H14ClNOS2. The SMILES string of the molecule is O=C(CSCc1cccs1)NCc1ccccc1Cl. The van der Waals surface area contributed by atoms with Gasteiger partial charge < -0.3 is 5.32 Å². The molecule has 19 heavy (non-hydrogen) atoms. The normalized spacial score (nSPS) is 10.4. The Kier molecular flexibility index (Phi) is 5.76. The van der Waals surface area contributed by atoms with Crippen LogP contribution in [0.5, 0.6) is 0 Å². The zero-order chi connectivity index (χ0) is 13.5. The molecule has 2 rings (SSSR count). The van der Waals surface area contributed by atoms with Crippen LogP contribution in [0.4, 0.5) is 0 Å². The molecule has 0 aliphatic carbocycles. The Balaban J connectivity index is 1.69. The summed E-state index contributed by atoms with van der Waals surface area (Å²) < 4.78 is 0. The molecule has 0 unspecified atom stereocenters. The van der Waals surface area contributed by atoms with Crippen molar-refractivity contribution in [3.8, 4) is 0 Å². The number of hydrogen-bond donors (Lipinski definition) is 1. The third kappa shape index (κ3) is 4.90. The van der Waals surface area contributed by atoms with Crippen molar-refractivity contribution in [3.05, 3.63) is 57.2 Å². The average molecular weight is 312 g/mol. The fourth-order valence-electron chi connectivity index (χ4n) is 1.53. The number of benzene rings is 1. The molecule has 2 aromatic rings. The number of carbonyl (C=O) groups is 1. The quantitative estimate of drug-likeness (QED) is 0.875. The van der Waals surface area contributed by atoms with E-state index >= 15 is 0 Å². The fourth-order valence-corrected chi connectivity index (χ4v) is 3.43. The molecule has 0 saturated heterocycles. The number of rotatable bonds is 6. The maximum Gasteiger partial charge on any atom is 0.230 e. The molecule has 0 radical (unpaired) electrons. The molecule has 0 fully saturated rings. The largest absolute Gasteiger partial charge is 0.351 e. The Hall–Kier alpha value is -0.970. The maximum atomic E-state index is 11.7. The van der Waals surface area contributed by atoms with Crippen LogP contribution >= 0.6 is 34.7 Å². The van der Waals surface area contributed by atoms with Gasteiger partial charge in [-0.3, -0.25) is 4.79 Å². The molecule has 5 heteroatoms. The van der Waals surface area contributed by atoms with Gasteiger partial charge in [0, 0.05) is 22.2 Å². The van der Waals surface area contributed by atoms with Gasteiger partial charge in [-0.1, -0.05) is 35.9 Å². The summed E-state index contributed by atoms with van der Waals surface area (Å²) in [6.07, 6.45) is 0. The van der Waals surface area contributed by atoms with Gasteiger partial charge >= 0.3 is 0 Å². The molecule has 1 aromatic carbocycles. The highest BCUT2D eigenvalue weighted by Gasteiger charge is 2.04. The van der Waals surface area contributed by atoms with Crippen LogP contribution in [0.2, 0.25) is 5.02 Å². The molecular weight excluding hydrogens is 298 g/mol. The predicted octanol–water partition coefficient (Wildman–Crippen LogP) is 3.95. The number of thiophene rings is 1. The van der Waals surface area contributed by atoms with Crippen LogP contribution < -0.4 is 5.32 Å². The van der Waals surface area contributed by atoms with Crippen LogP contribution in [0.15, 0.2) is 41.8 Å². The summed E-state index contributed by atoms with van der Waals surface area (Å²) >= 11 is 9.37. The molecule has 0 bridgehead atoms. The van der Waals surface area contributed by atoms with E-state index in [4.69, 9.17) is 11.6 Å². The van der Waals surface area contributed by atoms with Gasteiger partial charge in [-0.05, 0) is 23.1 Å². The molecule has 0 aliphatic heterocycles. The van der Waals surface area contributed by atoms with E-state index in [1.54, 1.807) is 23.1 Å². The smallest absolute Gasteiger partial charge is 0.230 e. The Bertz CT molecular complexity index is 528. The summed E-state index contributed by atoms with van der Waals surface area (Å²) in [6.45, 7) is 0.484. The van der Waals surface area contributed by atoms with Crippen molar-refractivity contribution >= 4 is 40.6 Å². The van der Waals surface area contributed by atoms with Crippen LogP contribution in [-0.4, -0.2) is 11.7 Å². The maximum absolute atomic E-state index is 11.7. The molecule has 1 amide bonds. The van der Waals surface area contributed by atoms with Crippen LogP contribution in [-0.2, 0) is 17.1 Å². The second-order valence-corrected chi connectivity index (χ2v) is 6.37. The van der Waals surface area contributed by atoms with E-state index in [9.17, 15) is 4.79 Å². The Morgan fingerprint density at radius 1 is 1.26 bits per heavy atom. The monoisotopic (exact) mass is 311 g/mol. The second kappa shape index (κ2) is 7.58. The summed E-state index contributed by atoms with van der Waals surface area (Å²) in [5, 5.41) is 5.62. The molecule has 0 atom stereocenters. The highest BCUT2D eigenvalue weighted by molar-refractivity contribution is 7.99. The minimum absolute atomic E-state index is 0.0430. The molecule has 1 N–H and O–H groups in total. The van der Waals surface area contributed by atoms with E-state index in [0.29, 0.717) is 17.3 Å². The highest BCUT2D eigenvalue weighted by atomic mass is 35.5. The van der Waals surface area contributed by atoms with Crippen molar-refractivity contribution in [2.45, 2.75) is 12.3 Å². The fraction of sp³-hybridized carbons (Fsp3) is 0.214. The van der Waals surface area contributed by atoms with E-state index in [1.165, 1.54) is 4.88 Å². The van der Waals surface area contributed by atoms with Crippen LogP contribution in [0.3, 0.4) is 0 Å². The Labute approximate surface area is 126 Å². The summed E-state index contributed by atoms with van der Waals surface area (Å²) in [7, 11) is 0. The van der Waals surface area contributed by atoms with Gasteiger partial charge in [-0.15, -0.1) is 23.1 Å².